The number of carbonyl (C=O) groups excluding carboxylic acids is 4. The van der Waals surface area contributed by atoms with Crippen LogP contribution < -0.4 is 5.32 Å². The van der Waals surface area contributed by atoms with Gasteiger partial charge in [-0.05, 0) is 39.8 Å². The first-order valence-corrected chi connectivity index (χ1v) is 8.78. The van der Waals surface area contributed by atoms with Crippen molar-refractivity contribution in [1.29, 1.82) is 0 Å². The molecule has 9 heteroatoms. The van der Waals surface area contributed by atoms with Gasteiger partial charge in [0.2, 0.25) is 0 Å². The molecule has 0 radical (unpaired) electrons. The van der Waals surface area contributed by atoms with Crippen molar-refractivity contribution in [3.05, 3.63) is 46.7 Å². The smallest absolute Gasteiger partial charge is 0.340 e. The van der Waals surface area contributed by atoms with Gasteiger partial charge < -0.3 is 19.5 Å². The lowest BCUT2D eigenvalue weighted by Gasteiger charge is -2.18. The number of Topliss-reactive ketones (excluding diaryl/α,β-unsaturated/α-hetero) is 1. The zero-order valence-corrected chi connectivity index (χ0v) is 16.0. The van der Waals surface area contributed by atoms with Crippen LogP contribution in [0.15, 0.2) is 22.8 Å². The zero-order valence-electron chi connectivity index (χ0n) is 16.0. The Labute approximate surface area is 161 Å². The summed E-state index contributed by atoms with van der Waals surface area (Å²) in [6.45, 7) is 6.11. The molecular weight excluding hydrogens is 366 g/mol. The molecule has 2 aromatic heterocycles. The third-order valence-electron chi connectivity index (χ3n) is 4.72. The van der Waals surface area contributed by atoms with Crippen LogP contribution in [0.2, 0.25) is 0 Å². The summed E-state index contributed by atoms with van der Waals surface area (Å²) in [5.41, 5.74) is -0.217. The minimum absolute atomic E-state index is 0.114. The summed E-state index contributed by atoms with van der Waals surface area (Å²) in [6, 6.07) is 2.47. The van der Waals surface area contributed by atoms with Crippen molar-refractivity contribution in [3.63, 3.8) is 0 Å². The molecule has 0 aliphatic carbocycles. The maximum Gasteiger partial charge on any atom is 0.340 e. The topological polar surface area (TPSA) is 122 Å². The van der Waals surface area contributed by atoms with Gasteiger partial charge in [0.15, 0.2) is 11.3 Å². The van der Waals surface area contributed by atoms with Crippen molar-refractivity contribution < 1.29 is 28.3 Å². The number of esters is 1. The quantitative estimate of drug-likeness (QED) is 0.444. The lowest BCUT2D eigenvalue weighted by Crippen LogP contribution is -2.41. The van der Waals surface area contributed by atoms with Gasteiger partial charge >= 0.3 is 12.0 Å². The third-order valence-corrected chi connectivity index (χ3v) is 4.72. The predicted octanol–water partition coefficient (Wildman–Crippen LogP) is 2.05. The van der Waals surface area contributed by atoms with E-state index in [9.17, 15) is 19.2 Å². The molecule has 0 spiro atoms. The van der Waals surface area contributed by atoms with E-state index in [1.807, 2.05) is 0 Å². The molecule has 1 aliphatic rings. The monoisotopic (exact) mass is 387 g/mol. The minimum atomic E-state index is -1.39. The van der Waals surface area contributed by atoms with Crippen molar-refractivity contribution >= 4 is 23.7 Å². The summed E-state index contributed by atoms with van der Waals surface area (Å²) in [7, 11) is 0. The van der Waals surface area contributed by atoms with Crippen LogP contribution >= 0.6 is 0 Å². The number of aryl methyl sites for hydroxylation is 2. The van der Waals surface area contributed by atoms with Crippen LogP contribution in [0.1, 0.15) is 51.7 Å². The Morgan fingerprint density at radius 3 is 2.50 bits per heavy atom. The van der Waals surface area contributed by atoms with E-state index in [4.69, 9.17) is 9.15 Å². The number of nitrogens with zero attached hydrogens (tertiary/aromatic N) is 1. The van der Waals surface area contributed by atoms with Gasteiger partial charge in [0.1, 0.15) is 5.76 Å². The van der Waals surface area contributed by atoms with Crippen molar-refractivity contribution in [1.82, 2.24) is 15.2 Å². The molecule has 3 heterocycles. The van der Waals surface area contributed by atoms with Crippen molar-refractivity contribution in [2.75, 3.05) is 13.2 Å². The average molecular weight is 387 g/mol. The van der Waals surface area contributed by atoms with E-state index in [1.165, 1.54) is 13.2 Å². The van der Waals surface area contributed by atoms with Crippen LogP contribution in [0.4, 0.5) is 4.79 Å². The molecule has 1 saturated heterocycles. The molecule has 0 aromatic carbocycles. The number of nitrogens with one attached hydrogen (secondary N) is 2. The maximum absolute atomic E-state index is 12.9. The Hall–Kier alpha value is -3.36. The van der Waals surface area contributed by atoms with Gasteiger partial charge in [0.25, 0.3) is 5.91 Å². The second kappa shape index (κ2) is 6.99. The molecule has 2 aromatic rings. The first kappa shape index (κ1) is 19.4. The van der Waals surface area contributed by atoms with E-state index < -0.39 is 35.8 Å². The second-order valence-electron chi connectivity index (χ2n) is 6.69. The minimum Gasteiger partial charge on any atom is -0.466 e. The number of rotatable bonds is 6. The Kier molecular flexibility index (Phi) is 4.84. The van der Waals surface area contributed by atoms with Gasteiger partial charge in [-0.15, -0.1) is 0 Å². The number of aromatic nitrogens is 1. The molecule has 2 N–H and O–H groups in total. The van der Waals surface area contributed by atoms with E-state index in [1.54, 1.807) is 32.9 Å². The molecule has 1 unspecified atom stereocenters. The van der Waals surface area contributed by atoms with E-state index in [0.717, 1.165) is 4.90 Å². The molecule has 0 bridgehead atoms. The molecular formula is C19H21N3O6. The summed E-state index contributed by atoms with van der Waals surface area (Å²) < 4.78 is 10.3. The maximum atomic E-state index is 12.9. The predicted molar refractivity (Wildman–Crippen MR) is 96.9 cm³/mol. The lowest BCUT2D eigenvalue weighted by atomic mass is 9.99. The van der Waals surface area contributed by atoms with Gasteiger partial charge in [-0.25, -0.2) is 9.59 Å². The summed E-state index contributed by atoms with van der Waals surface area (Å²) in [5, 5.41) is 2.56. The van der Waals surface area contributed by atoms with E-state index in [-0.39, 0.29) is 23.5 Å². The van der Waals surface area contributed by atoms with Gasteiger partial charge in [0, 0.05) is 11.4 Å². The number of furan rings is 1. The second-order valence-corrected chi connectivity index (χ2v) is 6.69. The number of imide groups is 1. The number of hydrogen-bond donors (Lipinski definition) is 2. The Bertz CT molecular complexity index is 959. The van der Waals surface area contributed by atoms with Crippen LogP contribution in [-0.4, -0.2) is 46.7 Å². The molecule has 1 aliphatic heterocycles. The van der Waals surface area contributed by atoms with Crippen LogP contribution in [-0.2, 0) is 15.1 Å². The third kappa shape index (κ3) is 2.98. The largest absolute Gasteiger partial charge is 0.466 e. The molecule has 1 fully saturated rings. The highest BCUT2D eigenvalue weighted by molar-refractivity contribution is 6.14. The van der Waals surface area contributed by atoms with Crippen LogP contribution in [0, 0.1) is 13.8 Å². The summed E-state index contributed by atoms with van der Waals surface area (Å²) in [6.07, 6.45) is 1.39. The molecule has 28 heavy (non-hydrogen) atoms. The highest BCUT2D eigenvalue weighted by Crippen LogP contribution is 2.29. The molecule has 9 nitrogen and oxygen atoms in total. The van der Waals surface area contributed by atoms with Gasteiger partial charge in [-0.1, -0.05) is 0 Å². The Balaban J connectivity index is 1.89. The lowest BCUT2D eigenvalue weighted by molar-refractivity contribution is -0.131. The number of aromatic amines is 1. The fraction of sp³-hybridized carbons (Fsp3) is 0.368. The van der Waals surface area contributed by atoms with Crippen LogP contribution in [0.5, 0.6) is 0 Å². The summed E-state index contributed by atoms with van der Waals surface area (Å²) >= 11 is 0. The van der Waals surface area contributed by atoms with E-state index in [0.29, 0.717) is 11.4 Å². The Morgan fingerprint density at radius 1 is 1.21 bits per heavy atom. The summed E-state index contributed by atoms with van der Waals surface area (Å²) in [5.74, 6) is -1.52. The standard InChI is InChI=1S/C19H21N3O6/c1-5-27-16(24)15-11(3)20-10(2)14(15)12(23)9-22-17(25)19(4,21-18(22)26)13-7-6-8-28-13/h6-8,20H,5,9H2,1-4H3,(H,21,26). The summed E-state index contributed by atoms with van der Waals surface area (Å²) in [4.78, 5) is 54.2. The fourth-order valence-electron chi connectivity index (χ4n) is 3.38. The fourth-order valence-corrected chi connectivity index (χ4v) is 3.38. The SMILES string of the molecule is CCOC(=O)c1c(C)[nH]c(C)c1C(=O)CN1C(=O)NC(C)(c2ccco2)C1=O. The molecule has 148 valence electrons. The molecule has 3 rings (SSSR count). The van der Waals surface area contributed by atoms with Crippen molar-refractivity contribution in [2.45, 2.75) is 33.2 Å². The van der Waals surface area contributed by atoms with Gasteiger partial charge in [-0.3, -0.25) is 14.5 Å². The van der Waals surface area contributed by atoms with Crippen LogP contribution in [0.25, 0.3) is 0 Å². The van der Waals surface area contributed by atoms with E-state index >= 15 is 0 Å². The van der Waals surface area contributed by atoms with Crippen LogP contribution in [0.3, 0.4) is 0 Å². The van der Waals surface area contributed by atoms with E-state index in [2.05, 4.69) is 10.3 Å². The first-order chi connectivity index (χ1) is 13.2. The normalized spacial score (nSPS) is 19.1. The highest BCUT2D eigenvalue weighted by atomic mass is 16.5. The zero-order chi connectivity index (χ0) is 20.6. The number of carbonyl (C=O) groups is 4. The highest BCUT2D eigenvalue weighted by Gasteiger charge is 2.51. The molecule has 3 amide bonds. The number of H-pyrrole nitrogens is 1. The number of hydrogen-bond acceptors (Lipinski definition) is 6. The Morgan fingerprint density at radius 2 is 1.89 bits per heavy atom. The molecule has 1 atom stereocenters. The van der Waals surface area contributed by atoms with Crippen molar-refractivity contribution in [2.24, 2.45) is 0 Å². The molecule has 0 saturated carbocycles. The van der Waals surface area contributed by atoms with Crippen molar-refractivity contribution in [3.8, 4) is 0 Å². The van der Waals surface area contributed by atoms with Gasteiger partial charge in [-0.2, -0.15) is 0 Å². The van der Waals surface area contributed by atoms with Gasteiger partial charge in [0.05, 0.1) is 30.5 Å². The average Bonchev–Trinajstić information content (AvgIpc) is 3.31. The number of amides is 3. The number of ether oxygens (including phenoxy) is 1. The first-order valence-electron chi connectivity index (χ1n) is 8.78. The number of urea groups is 1. The number of ketones is 1.